The minimum atomic E-state index is -0.409. The first kappa shape index (κ1) is 10.8. The molecule has 2 unspecified atom stereocenters. The van der Waals surface area contributed by atoms with Gasteiger partial charge in [-0.05, 0) is 33.1 Å². The van der Waals surface area contributed by atoms with Crippen LogP contribution >= 0.6 is 0 Å². The van der Waals surface area contributed by atoms with Gasteiger partial charge < -0.3 is 4.74 Å². The van der Waals surface area contributed by atoms with E-state index in [4.69, 9.17) is 11.3 Å². The number of hydrogen-bond donors (Lipinski definition) is 0. The number of ether oxygens (including phenoxy) is 1. The van der Waals surface area contributed by atoms with E-state index in [0.717, 1.165) is 6.42 Å². The molecule has 0 spiro atoms. The van der Waals surface area contributed by atoms with Crippen LogP contribution in [0.15, 0.2) is 12.3 Å². The summed E-state index contributed by atoms with van der Waals surface area (Å²) in [6, 6.07) is 0. The second-order valence-corrected chi connectivity index (χ2v) is 4.51. The van der Waals surface area contributed by atoms with Crippen molar-refractivity contribution in [1.82, 2.24) is 0 Å². The Morgan fingerprint density at radius 1 is 1.57 bits per heavy atom. The van der Waals surface area contributed by atoms with Crippen LogP contribution in [0.3, 0.4) is 0 Å². The third-order valence-corrected chi connectivity index (χ3v) is 1.96. The molecule has 0 aliphatic heterocycles. The van der Waals surface area contributed by atoms with Crippen molar-refractivity contribution >= 4 is 5.97 Å². The van der Waals surface area contributed by atoms with Gasteiger partial charge in [0.25, 0.3) is 0 Å². The first-order chi connectivity index (χ1) is 6.44. The standard InChI is InChI=1S/C11H15NO2/c1-11(2,3)14-10(13)9-7-8(9)5-6-12-4/h5-6,8-9H,7H2,1-3H3/b6-5-. The van der Waals surface area contributed by atoms with Crippen LogP contribution in [0.5, 0.6) is 0 Å². The first-order valence-corrected chi connectivity index (χ1v) is 4.70. The highest BCUT2D eigenvalue weighted by atomic mass is 16.6. The van der Waals surface area contributed by atoms with Crippen LogP contribution in [0.4, 0.5) is 0 Å². The number of hydrogen-bond acceptors (Lipinski definition) is 2. The number of carbonyl (C=O) groups excluding carboxylic acids is 1. The molecule has 1 aliphatic carbocycles. The van der Waals surface area contributed by atoms with Crippen LogP contribution in [0.25, 0.3) is 4.85 Å². The van der Waals surface area contributed by atoms with E-state index in [1.807, 2.05) is 20.8 Å². The summed E-state index contributed by atoms with van der Waals surface area (Å²) in [6.45, 7) is 12.1. The third-order valence-electron chi connectivity index (χ3n) is 1.96. The molecular weight excluding hydrogens is 178 g/mol. The number of rotatable bonds is 2. The minimum Gasteiger partial charge on any atom is -0.460 e. The van der Waals surface area contributed by atoms with E-state index in [9.17, 15) is 4.79 Å². The highest BCUT2D eigenvalue weighted by Gasteiger charge is 2.43. The molecule has 76 valence electrons. The van der Waals surface area contributed by atoms with Crippen molar-refractivity contribution < 1.29 is 9.53 Å². The molecule has 1 aliphatic rings. The zero-order chi connectivity index (χ0) is 10.8. The van der Waals surface area contributed by atoms with E-state index in [2.05, 4.69) is 4.85 Å². The van der Waals surface area contributed by atoms with Gasteiger partial charge in [-0.2, -0.15) is 0 Å². The molecule has 3 heteroatoms. The largest absolute Gasteiger partial charge is 0.460 e. The average molecular weight is 193 g/mol. The summed E-state index contributed by atoms with van der Waals surface area (Å²) in [6.07, 6.45) is 4.01. The van der Waals surface area contributed by atoms with Crippen molar-refractivity contribution in [1.29, 1.82) is 0 Å². The highest BCUT2D eigenvalue weighted by molar-refractivity contribution is 5.76. The van der Waals surface area contributed by atoms with Gasteiger partial charge in [0.05, 0.1) is 12.5 Å². The predicted octanol–water partition coefficient (Wildman–Crippen LogP) is 2.40. The molecule has 1 fully saturated rings. The summed E-state index contributed by atoms with van der Waals surface area (Å²) in [5.41, 5.74) is -0.409. The monoisotopic (exact) mass is 193 g/mol. The summed E-state index contributed by atoms with van der Waals surface area (Å²) in [7, 11) is 0. The van der Waals surface area contributed by atoms with E-state index in [1.54, 1.807) is 6.08 Å². The zero-order valence-corrected chi connectivity index (χ0v) is 8.78. The Labute approximate surface area is 84.6 Å². The SMILES string of the molecule is [C-]#[N+]/C=C\C1CC1C(=O)OC(C)(C)C. The molecule has 0 N–H and O–H groups in total. The lowest BCUT2D eigenvalue weighted by Gasteiger charge is -2.19. The lowest BCUT2D eigenvalue weighted by molar-refractivity contribution is -0.156. The number of allylic oxidation sites excluding steroid dienone is 1. The molecule has 14 heavy (non-hydrogen) atoms. The van der Waals surface area contributed by atoms with Crippen molar-refractivity contribution in [3.05, 3.63) is 23.7 Å². The van der Waals surface area contributed by atoms with Crippen molar-refractivity contribution in [2.45, 2.75) is 32.8 Å². The van der Waals surface area contributed by atoms with Crippen molar-refractivity contribution in [2.75, 3.05) is 0 Å². The van der Waals surface area contributed by atoms with E-state index in [1.165, 1.54) is 6.20 Å². The van der Waals surface area contributed by atoms with Gasteiger partial charge >= 0.3 is 5.97 Å². The Kier molecular flexibility index (Phi) is 2.95. The van der Waals surface area contributed by atoms with E-state index in [-0.39, 0.29) is 17.8 Å². The summed E-state index contributed by atoms with van der Waals surface area (Å²) in [4.78, 5) is 14.6. The Balaban J connectivity index is 2.37. The van der Waals surface area contributed by atoms with Crippen LogP contribution < -0.4 is 0 Å². The van der Waals surface area contributed by atoms with Gasteiger partial charge in [-0.3, -0.25) is 4.79 Å². The average Bonchev–Trinajstić information content (AvgIpc) is 2.76. The van der Waals surface area contributed by atoms with Crippen molar-refractivity contribution in [3.8, 4) is 0 Å². The Morgan fingerprint density at radius 2 is 2.21 bits per heavy atom. The lowest BCUT2D eigenvalue weighted by Crippen LogP contribution is -2.25. The van der Waals surface area contributed by atoms with Crippen LogP contribution in [0.1, 0.15) is 27.2 Å². The quantitative estimate of drug-likeness (QED) is 0.498. The second kappa shape index (κ2) is 3.83. The third kappa shape index (κ3) is 3.21. The van der Waals surface area contributed by atoms with Crippen LogP contribution in [0.2, 0.25) is 0 Å². The molecule has 0 aromatic carbocycles. The van der Waals surface area contributed by atoms with Gasteiger partial charge in [0.15, 0.2) is 6.20 Å². The van der Waals surface area contributed by atoms with Crippen molar-refractivity contribution in [3.63, 3.8) is 0 Å². The fraction of sp³-hybridized carbons (Fsp3) is 0.636. The number of carbonyl (C=O) groups is 1. The zero-order valence-electron chi connectivity index (χ0n) is 8.78. The van der Waals surface area contributed by atoms with Crippen LogP contribution in [0, 0.1) is 18.4 Å². The summed E-state index contributed by atoms with van der Waals surface area (Å²) in [5, 5.41) is 0. The maximum Gasteiger partial charge on any atom is 0.310 e. The normalized spacial score (nSPS) is 25.9. The second-order valence-electron chi connectivity index (χ2n) is 4.51. The Bertz CT molecular complexity index is 293. The minimum absolute atomic E-state index is 0.0211. The smallest absolute Gasteiger partial charge is 0.310 e. The van der Waals surface area contributed by atoms with Gasteiger partial charge in [0.2, 0.25) is 0 Å². The first-order valence-electron chi connectivity index (χ1n) is 4.70. The molecule has 0 bridgehead atoms. The fourth-order valence-electron chi connectivity index (χ4n) is 1.23. The molecule has 1 rings (SSSR count). The molecule has 0 aromatic rings. The van der Waals surface area contributed by atoms with Gasteiger partial charge in [-0.1, -0.05) is 6.08 Å². The molecule has 0 amide bonds. The molecule has 0 radical (unpaired) electrons. The van der Waals surface area contributed by atoms with Crippen molar-refractivity contribution in [2.24, 2.45) is 11.8 Å². The molecule has 0 heterocycles. The Hall–Kier alpha value is -1.30. The molecule has 0 aromatic heterocycles. The van der Waals surface area contributed by atoms with Crippen LogP contribution in [-0.4, -0.2) is 11.6 Å². The lowest BCUT2D eigenvalue weighted by atomic mass is 10.2. The Morgan fingerprint density at radius 3 is 2.71 bits per heavy atom. The van der Waals surface area contributed by atoms with Crippen LogP contribution in [-0.2, 0) is 9.53 Å². The maximum absolute atomic E-state index is 11.5. The summed E-state index contributed by atoms with van der Waals surface area (Å²) >= 11 is 0. The van der Waals surface area contributed by atoms with Gasteiger partial charge in [0.1, 0.15) is 5.60 Å². The fourth-order valence-corrected chi connectivity index (χ4v) is 1.23. The number of esters is 1. The summed E-state index contributed by atoms with van der Waals surface area (Å²) < 4.78 is 5.22. The predicted molar refractivity (Wildman–Crippen MR) is 53.2 cm³/mol. The molecule has 3 nitrogen and oxygen atoms in total. The van der Waals surface area contributed by atoms with Gasteiger partial charge in [-0.25, -0.2) is 4.85 Å². The van der Waals surface area contributed by atoms with E-state index < -0.39 is 5.60 Å². The van der Waals surface area contributed by atoms with Gasteiger partial charge in [0, 0.05) is 0 Å². The highest BCUT2D eigenvalue weighted by Crippen LogP contribution is 2.41. The molecule has 2 atom stereocenters. The molecule has 0 saturated heterocycles. The number of nitrogens with zero attached hydrogens (tertiary/aromatic N) is 1. The van der Waals surface area contributed by atoms with E-state index >= 15 is 0 Å². The summed E-state index contributed by atoms with van der Waals surface area (Å²) in [5.74, 6) is 0.0586. The maximum atomic E-state index is 11.5. The topological polar surface area (TPSA) is 30.7 Å². The molecular formula is C11H15NO2. The van der Waals surface area contributed by atoms with E-state index in [0.29, 0.717) is 0 Å². The van der Waals surface area contributed by atoms with Gasteiger partial charge in [-0.15, -0.1) is 0 Å². The molecule has 1 saturated carbocycles.